The molecule has 0 aliphatic rings. The maximum absolute atomic E-state index is 12.8. The topological polar surface area (TPSA) is 67.0 Å². The Morgan fingerprint density at radius 3 is 2.39 bits per heavy atom. The molecular weight excluding hydrogens is 514 g/mol. The van der Waals surface area contributed by atoms with Gasteiger partial charge in [0, 0.05) is 27.2 Å². The van der Waals surface area contributed by atoms with Crippen LogP contribution in [0.4, 0.5) is 5.69 Å². The van der Waals surface area contributed by atoms with Crippen molar-refractivity contribution in [3.8, 4) is 17.5 Å². The van der Waals surface area contributed by atoms with E-state index in [9.17, 15) is 10.1 Å². The SMILES string of the molecule is Cc1ccccc1NC(=O)/C(C#N)=C\c1cc(C)n(-c2ccc(OCc3ccc(Br)cc3)cc2)c1C. The maximum atomic E-state index is 12.8. The zero-order chi connectivity index (χ0) is 25.7. The van der Waals surface area contributed by atoms with Gasteiger partial charge in [0.15, 0.2) is 0 Å². The molecule has 1 aromatic heterocycles. The van der Waals surface area contributed by atoms with E-state index in [0.29, 0.717) is 12.3 Å². The monoisotopic (exact) mass is 539 g/mol. The van der Waals surface area contributed by atoms with Gasteiger partial charge in [0.2, 0.25) is 0 Å². The zero-order valence-electron chi connectivity index (χ0n) is 20.4. The molecule has 4 rings (SSSR count). The summed E-state index contributed by atoms with van der Waals surface area (Å²) in [5.41, 5.74) is 6.50. The van der Waals surface area contributed by atoms with Gasteiger partial charge in [-0.05, 0) is 92.1 Å². The first-order chi connectivity index (χ1) is 17.4. The molecular formula is C30H26BrN3O2. The molecule has 0 aliphatic heterocycles. The van der Waals surface area contributed by atoms with Crippen LogP contribution in [0.5, 0.6) is 5.75 Å². The average molecular weight is 540 g/mol. The highest BCUT2D eigenvalue weighted by atomic mass is 79.9. The number of rotatable bonds is 7. The van der Waals surface area contributed by atoms with E-state index >= 15 is 0 Å². The second-order valence-corrected chi connectivity index (χ2v) is 9.43. The summed E-state index contributed by atoms with van der Waals surface area (Å²) in [6, 6.07) is 27.4. The van der Waals surface area contributed by atoms with Crippen LogP contribution in [0.25, 0.3) is 11.8 Å². The van der Waals surface area contributed by atoms with Crippen LogP contribution in [0.2, 0.25) is 0 Å². The van der Waals surface area contributed by atoms with Crippen molar-refractivity contribution in [2.24, 2.45) is 0 Å². The number of aromatic nitrogens is 1. The Bertz CT molecular complexity index is 1460. The van der Waals surface area contributed by atoms with Crippen LogP contribution < -0.4 is 10.1 Å². The van der Waals surface area contributed by atoms with Crippen LogP contribution >= 0.6 is 15.9 Å². The highest BCUT2D eigenvalue weighted by molar-refractivity contribution is 9.10. The largest absolute Gasteiger partial charge is 0.489 e. The lowest BCUT2D eigenvalue weighted by Gasteiger charge is -2.12. The summed E-state index contributed by atoms with van der Waals surface area (Å²) in [5, 5.41) is 12.5. The van der Waals surface area contributed by atoms with Gasteiger partial charge in [-0.25, -0.2) is 0 Å². The second-order valence-electron chi connectivity index (χ2n) is 8.51. The van der Waals surface area contributed by atoms with Crippen molar-refractivity contribution in [2.45, 2.75) is 27.4 Å². The molecule has 36 heavy (non-hydrogen) atoms. The summed E-state index contributed by atoms with van der Waals surface area (Å²) in [6.45, 7) is 6.38. The molecule has 180 valence electrons. The van der Waals surface area contributed by atoms with Gasteiger partial charge in [-0.1, -0.05) is 46.3 Å². The Balaban J connectivity index is 1.51. The fourth-order valence-electron chi connectivity index (χ4n) is 3.98. The molecule has 1 N–H and O–H groups in total. The van der Waals surface area contributed by atoms with Crippen molar-refractivity contribution >= 4 is 33.6 Å². The average Bonchev–Trinajstić information content (AvgIpc) is 3.16. The van der Waals surface area contributed by atoms with Crippen LogP contribution in [-0.4, -0.2) is 10.5 Å². The number of nitrogens with zero attached hydrogens (tertiary/aromatic N) is 2. The standard InChI is InChI=1S/C30H26BrN3O2/c1-20-6-4-5-7-29(20)33-30(35)25(18-32)17-24-16-21(2)34(22(24)3)27-12-14-28(15-13-27)36-19-23-8-10-26(31)11-9-23/h4-17H,19H2,1-3H3,(H,33,35)/b25-17-. The van der Waals surface area contributed by atoms with E-state index in [-0.39, 0.29) is 5.57 Å². The van der Waals surface area contributed by atoms with Gasteiger partial charge in [0.05, 0.1) is 0 Å². The third-order valence-electron chi connectivity index (χ3n) is 5.94. The molecule has 0 unspecified atom stereocenters. The number of ether oxygens (including phenoxy) is 1. The number of nitriles is 1. The first-order valence-electron chi connectivity index (χ1n) is 11.5. The van der Waals surface area contributed by atoms with E-state index in [0.717, 1.165) is 44.0 Å². The smallest absolute Gasteiger partial charge is 0.266 e. The van der Waals surface area contributed by atoms with Crippen molar-refractivity contribution in [1.29, 1.82) is 5.26 Å². The number of nitrogens with one attached hydrogen (secondary N) is 1. The summed E-state index contributed by atoms with van der Waals surface area (Å²) in [4.78, 5) is 12.8. The van der Waals surface area contributed by atoms with E-state index < -0.39 is 5.91 Å². The van der Waals surface area contributed by atoms with E-state index in [1.54, 1.807) is 6.08 Å². The quantitative estimate of drug-likeness (QED) is 0.198. The minimum absolute atomic E-state index is 0.0511. The number of carbonyl (C=O) groups excluding carboxylic acids is 1. The molecule has 3 aromatic carbocycles. The van der Waals surface area contributed by atoms with Crippen molar-refractivity contribution in [3.63, 3.8) is 0 Å². The van der Waals surface area contributed by atoms with Crippen LogP contribution in [0.3, 0.4) is 0 Å². The third-order valence-corrected chi connectivity index (χ3v) is 6.47. The molecule has 1 amide bonds. The number of amides is 1. The maximum Gasteiger partial charge on any atom is 0.266 e. The first-order valence-corrected chi connectivity index (χ1v) is 12.3. The van der Waals surface area contributed by atoms with Gasteiger partial charge < -0.3 is 14.6 Å². The number of hydrogen-bond donors (Lipinski definition) is 1. The predicted molar refractivity (Wildman–Crippen MR) is 147 cm³/mol. The van der Waals surface area contributed by atoms with Crippen molar-refractivity contribution in [2.75, 3.05) is 5.32 Å². The van der Waals surface area contributed by atoms with Crippen LogP contribution in [0.15, 0.2) is 88.9 Å². The molecule has 0 fully saturated rings. The molecule has 0 radical (unpaired) electrons. The zero-order valence-corrected chi connectivity index (χ0v) is 22.0. The Kier molecular flexibility index (Phi) is 7.72. The molecule has 6 heteroatoms. The molecule has 0 saturated carbocycles. The Hall–Kier alpha value is -4.08. The lowest BCUT2D eigenvalue weighted by Crippen LogP contribution is -2.14. The summed E-state index contributed by atoms with van der Waals surface area (Å²) >= 11 is 3.44. The van der Waals surface area contributed by atoms with Gasteiger partial charge >= 0.3 is 0 Å². The van der Waals surface area contributed by atoms with E-state index in [4.69, 9.17) is 4.74 Å². The molecule has 5 nitrogen and oxygen atoms in total. The normalized spacial score (nSPS) is 11.1. The summed E-state index contributed by atoms with van der Waals surface area (Å²) in [6.07, 6.45) is 1.64. The van der Waals surface area contributed by atoms with Crippen LogP contribution in [0, 0.1) is 32.1 Å². The fourth-order valence-corrected chi connectivity index (χ4v) is 4.24. The Morgan fingerprint density at radius 2 is 1.72 bits per heavy atom. The number of aryl methyl sites for hydroxylation is 2. The van der Waals surface area contributed by atoms with E-state index in [2.05, 4.69) is 25.8 Å². The van der Waals surface area contributed by atoms with Gasteiger partial charge in [-0.3, -0.25) is 4.79 Å². The summed E-state index contributed by atoms with van der Waals surface area (Å²) in [7, 11) is 0. The predicted octanol–water partition coefficient (Wildman–Crippen LogP) is 7.29. The van der Waals surface area contributed by atoms with Crippen molar-refractivity contribution in [3.05, 3.63) is 117 Å². The number of carbonyl (C=O) groups is 1. The molecule has 0 spiro atoms. The second kappa shape index (κ2) is 11.1. The minimum atomic E-state index is -0.427. The molecule has 0 bridgehead atoms. The number of halogens is 1. The minimum Gasteiger partial charge on any atom is -0.489 e. The molecule has 0 aliphatic carbocycles. The van der Waals surface area contributed by atoms with E-state index in [1.165, 1.54) is 0 Å². The fraction of sp³-hybridized carbons (Fsp3) is 0.133. The van der Waals surface area contributed by atoms with Gasteiger partial charge in [0.1, 0.15) is 24.0 Å². The Morgan fingerprint density at radius 1 is 1.03 bits per heavy atom. The molecule has 0 atom stereocenters. The Labute approximate surface area is 219 Å². The molecule has 0 saturated heterocycles. The van der Waals surface area contributed by atoms with E-state index in [1.807, 2.05) is 106 Å². The third kappa shape index (κ3) is 5.76. The molecule has 4 aromatic rings. The molecule has 1 heterocycles. The van der Waals surface area contributed by atoms with Crippen LogP contribution in [0.1, 0.15) is 28.1 Å². The number of para-hydroxylation sites is 1. The van der Waals surface area contributed by atoms with Gasteiger partial charge in [-0.2, -0.15) is 5.26 Å². The summed E-state index contributed by atoms with van der Waals surface area (Å²) < 4.78 is 9.06. The van der Waals surface area contributed by atoms with Crippen molar-refractivity contribution in [1.82, 2.24) is 4.57 Å². The first kappa shape index (κ1) is 25.0. The van der Waals surface area contributed by atoms with Crippen molar-refractivity contribution < 1.29 is 9.53 Å². The van der Waals surface area contributed by atoms with Gasteiger partial charge in [-0.15, -0.1) is 0 Å². The highest BCUT2D eigenvalue weighted by Gasteiger charge is 2.15. The number of anilines is 1. The number of hydrogen-bond acceptors (Lipinski definition) is 3. The van der Waals surface area contributed by atoms with Gasteiger partial charge in [0.25, 0.3) is 5.91 Å². The highest BCUT2D eigenvalue weighted by Crippen LogP contribution is 2.25. The number of benzene rings is 3. The summed E-state index contributed by atoms with van der Waals surface area (Å²) in [5.74, 6) is 0.354. The lowest BCUT2D eigenvalue weighted by atomic mass is 10.1. The van der Waals surface area contributed by atoms with Crippen LogP contribution in [-0.2, 0) is 11.4 Å². The lowest BCUT2D eigenvalue weighted by molar-refractivity contribution is -0.112.